The monoisotopic (exact) mass is 368 g/mol. The lowest BCUT2D eigenvalue weighted by Gasteiger charge is -2.28. The van der Waals surface area contributed by atoms with Gasteiger partial charge in [0.25, 0.3) is 0 Å². The number of benzene rings is 2. The van der Waals surface area contributed by atoms with Crippen LogP contribution in [0.5, 0.6) is 5.75 Å². The first-order chi connectivity index (χ1) is 11.6. The molecule has 1 N–H and O–H groups in total. The average Bonchev–Trinajstić information content (AvgIpc) is 2.55. The first-order valence-corrected chi connectivity index (χ1v) is 15.4. The van der Waals surface area contributed by atoms with E-state index in [1.54, 1.807) is 0 Å². The summed E-state index contributed by atoms with van der Waals surface area (Å²) in [5.41, 5.74) is 8.46. The van der Waals surface area contributed by atoms with Crippen molar-refractivity contribution in [3.05, 3.63) is 35.9 Å². The molecule has 0 aliphatic carbocycles. The lowest BCUT2D eigenvalue weighted by atomic mass is 9.95. The molecule has 0 atom stereocenters. The van der Waals surface area contributed by atoms with Gasteiger partial charge in [-0.2, -0.15) is 0 Å². The van der Waals surface area contributed by atoms with Crippen LogP contribution in [0.15, 0.2) is 30.3 Å². The van der Waals surface area contributed by atoms with Gasteiger partial charge in [0.1, 0.15) is 13.8 Å². The summed E-state index contributed by atoms with van der Waals surface area (Å²) in [6.45, 7) is 15.7. The van der Waals surface area contributed by atoms with Gasteiger partial charge in [-0.15, -0.1) is 11.1 Å². The first-order valence-electron chi connectivity index (χ1n) is 9.44. The molecule has 25 heavy (non-hydrogen) atoms. The standard InChI is InChI=1S/C22H32OSi2/c1-8-25(9-2,15-14-24(5,6)7)20-16-18-12-10-11-13-19(18)21(17(3)4)22(20)23/h10-13,16-17,23H,8-9H2,1-7H3. The molecule has 0 bridgehead atoms. The van der Waals surface area contributed by atoms with E-state index < -0.39 is 16.1 Å². The van der Waals surface area contributed by atoms with Crippen LogP contribution in [0.4, 0.5) is 0 Å². The number of hydrogen-bond donors (Lipinski definition) is 1. The van der Waals surface area contributed by atoms with Gasteiger partial charge < -0.3 is 5.11 Å². The molecule has 134 valence electrons. The van der Waals surface area contributed by atoms with Crippen molar-refractivity contribution >= 4 is 32.1 Å². The molecule has 0 fully saturated rings. The summed E-state index contributed by atoms with van der Waals surface area (Å²) in [6, 6.07) is 12.8. The maximum Gasteiger partial charge on any atom is 0.171 e. The molecule has 2 rings (SSSR count). The molecule has 0 unspecified atom stereocenters. The Balaban J connectivity index is 2.84. The highest BCUT2D eigenvalue weighted by Gasteiger charge is 2.34. The third-order valence-electron chi connectivity index (χ3n) is 5.04. The summed E-state index contributed by atoms with van der Waals surface area (Å²) in [4.78, 5) is 0. The minimum absolute atomic E-state index is 0.287. The number of phenols is 1. The van der Waals surface area contributed by atoms with Crippen LogP contribution in [0, 0.1) is 11.1 Å². The topological polar surface area (TPSA) is 20.2 Å². The molecule has 0 radical (unpaired) electrons. The second-order valence-corrected chi connectivity index (χ2v) is 17.5. The fourth-order valence-electron chi connectivity index (χ4n) is 3.50. The summed E-state index contributed by atoms with van der Waals surface area (Å²) in [5, 5.41) is 14.8. The zero-order chi connectivity index (χ0) is 18.8. The SMILES string of the molecule is CC[Si](C#C[Si](C)(C)C)(CC)c1cc2ccccc2c(C(C)C)c1O. The molecule has 0 saturated carbocycles. The smallest absolute Gasteiger partial charge is 0.171 e. The maximum atomic E-state index is 11.3. The van der Waals surface area contributed by atoms with E-state index in [0.29, 0.717) is 5.75 Å². The van der Waals surface area contributed by atoms with Crippen LogP contribution in [0.3, 0.4) is 0 Å². The second kappa shape index (κ2) is 7.39. The quantitative estimate of drug-likeness (QED) is 0.535. The average molecular weight is 369 g/mol. The van der Waals surface area contributed by atoms with Crippen molar-refractivity contribution in [1.29, 1.82) is 0 Å². The van der Waals surface area contributed by atoms with E-state index in [0.717, 1.165) is 22.8 Å². The Morgan fingerprint density at radius 2 is 1.60 bits per heavy atom. The van der Waals surface area contributed by atoms with Gasteiger partial charge in [-0.3, -0.25) is 0 Å². The summed E-state index contributed by atoms with van der Waals surface area (Å²) in [5.74, 6) is 0.796. The number of fused-ring (bicyclic) bond motifs is 1. The highest BCUT2D eigenvalue weighted by Crippen LogP contribution is 2.34. The van der Waals surface area contributed by atoms with Crippen LogP contribution in [-0.2, 0) is 0 Å². The zero-order valence-electron chi connectivity index (χ0n) is 16.8. The molecule has 3 heteroatoms. The highest BCUT2D eigenvalue weighted by atomic mass is 28.3. The van der Waals surface area contributed by atoms with Crippen molar-refractivity contribution in [1.82, 2.24) is 0 Å². The van der Waals surface area contributed by atoms with Crippen LogP contribution < -0.4 is 5.19 Å². The van der Waals surface area contributed by atoms with E-state index in [-0.39, 0.29) is 5.92 Å². The lowest BCUT2D eigenvalue weighted by Crippen LogP contribution is -2.46. The Kier molecular flexibility index (Phi) is 5.86. The normalized spacial score (nSPS) is 12.3. The highest BCUT2D eigenvalue weighted by molar-refractivity contribution is 7.00. The van der Waals surface area contributed by atoms with Crippen LogP contribution in [-0.4, -0.2) is 21.3 Å². The van der Waals surface area contributed by atoms with Crippen molar-refractivity contribution in [2.75, 3.05) is 0 Å². The van der Waals surface area contributed by atoms with E-state index in [9.17, 15) is 5.11 Å². The molecular formula is C22H32OSi2. The van der Waals surface area contributed by atoms with Gasteiger partial charge in [0.15, 0.2) is 8.07 Å². The van der Waals surface area contributed by atoms with Gasteiger partial charge in [0, 0.05) is 5.56 Å². The van der Waals surface area contributed by atoms with Crippen LogP contribution in [0.2, 0.25) is 31.7 Å². The predicted molar refractivity (Wildman–Crippen MR) is 117 cm³/mol. The Bertz CT molecular complexity index is 816. The fraction of sp³-hybridized carbons (Fsp3) is 0.455. The summed E-state index contributed by atoms with van der Waals surface area (Å²) in [7, 11) is -3.49. The van der Waals surface area contributed by atoms with Gasteiger partial charge in [0.05, 0.1) is 0 Å². The molecular weight excluding hydrogens is 336 g/mol. The van der Waals surface area contributed by atoms with Crippen molar-refractivity contribution in [2.45, 2.75) is 65.3 Å². The molecule has 0 aliphatic rings. The van der Waals surface area contributed by atoms with Crippen molar-refractivity contribution in [2.24, 2.45) is 0 Å². The first kappa shape index (κ1) is 19.8. The summed E-state index contributed by atoms with van der Waals surface area (Å²) in [6.07, 6.45) is 0. The molecule has 2 aromatic carbocycles. The van der Waals surface area contributed by atoms with Crippen molar-refractivity contribution in [3.63, 3.8) is 0 Å². The van der Waals surface area contributed by atoms with Crippen molar-refractivity contribution in [3.8, 4) is 16.8 Å². The summed E-state index contributed by atoms with van der Waals surface area (Å²) < 4.78 is 0. The molecule has 0 spiro atoms. The molecule has 1 nitrogen and oxygen atoms in total. The van der Waals surface area contributed by atoms with E-state index >= 15 is 0 Å². The molecule has 0 aliphatic heterocycles. The van der Waals surface area contributed by atoms with Crippen LogP contribution >= 0.6 is 0 Å². The number of hydrogen-bond acceptors (Lipinski definition) is 1. The Hall–Kier alpha value is -1.51. The number of aromatic hydroxyl groups is 1. The minimum Gasteiger partial charge on any atom is -0.508 e. The molecule has 0 saturated heterocycles. The summed E-state index contributed by atoms with van der Waals surface area (Å²) >= 11 is 0. The van der Waals surface area contributed by atoms with Gasteiger partial charge in [-0.25, -0.2) is 0 Å². The van der Waals surface area contributed by atoms with E-state index in [4.69, 9.17) is 0 Å². The Morgan fingerprint density at radius 1 is 1.00 bits per heavy atom. The molecule has 0 aromatic heterocycles. The zero-order valence-corrected chi connectivity index (χ0v) is 18.8. The van der Waals surface area contributed by atoms with Crippen LogP contribution in [0.25, 0.3) is 10.8 Å². The lowest BCUT2D eigenvalue weighted by molar-refractivity contribution is 0.470. The molecule has 0 amide bonds. The van der Waals surface area contributed by atoms with E-state index in [2.05, 4.69) is 88.8 Å². The maximum absolute atomic E-state index is 11.3. The van der Waals surface area contributed by atoms with Crippen LogP contribution in [0.1, 0.15) is 39.2 Å². The van der Waals surface area contributed by atoms with Gasteiger partial charge in [-0.05, 0) is 34.0 Å². The van der Waals surface area contributed by atoms with Crippen molar-refractivity contribution < 1.29 is 5.11 Å². The second-order valence-electron chi connectivity index (χ2n) is 8.35. The van der Waals surface area contributed by atoms with Gasteiger partial charge >= 0.3 is 0 Å². The largest absolute Gasteiger partial charge is 0.508 e. The molecule has 0 heterocycles. The minimum atomic E-state index is -2.04. The van der Waals surface area contributed by atoms with E-state index in [1.807, 2.05) is 0 Å². The third-order valence-corrected chi connectivity index (χ3v) is 10.6. The Morgan fingerprint density at radius 3 is 2.12 bits per heavy atom. The number of rotatable bonds is 4. The third kappa shape index (κ3) is 4.02. The fourth-order valence-corrected chi connectivity index (χ4v) is 8.72. The Labute approximate surface area is 155 Å². The number of phenolic OH excluding ortho intramolecular Hbond substituents is 1. The van der Waals surface area contributed by atoms with E-state index in [1.165, 1.54) is 10.8 Å². The predicted octanol–water partition coefficient (Wildman–Crippen LogP) is 5.78. The van der Waals surface area contributed by atoms with Gasteiger partial charge in [-0.1, -0.05) is 77.7 Å². The molecule has 2 aromatic rings. The van der Waals surface area contributed by atoms with Gasteiger partial charge in [0.2, 0.25) is 0 Å².